The minimum atomic E-state index is -1.99. The standard InChI is InChI=1S/C28H20Cl2N6O4S/c1-39-23-12-18-22(13-24(23)40-2)34-28(41(38)15-25(37)33-21-8-4-3-7-17(21)14-32)36-27(18)35-26-19(29)10-16(6-5-9-31)11-20(26)30/h3-8,10-13H,15H2,1-2H3,(H,33,37)(H,34,35,36)/b6-5+. The topological polar surface area (TPSA) is 150 Å². The van der Waals surface area contributed by atoms with E-state index in [9.17, 15) is 14.3 Å². The number of fused-ring (bicyclic) bond motifs is 1. The first kappa shape index (κ1) is 29.3. The summed E-state index contributed by atoms with van der Waals surface area (Å²) in [6.07, 6.45) is 2.85. The molecule has 1 amide bonds. The van der Waals surface area contributed by atoms with Crippen LogP contribution in [0.2, 0.25) is 10.0 Å². The normalized spacial score (nSPS) is 11.5. The summed E-state index contributed by atoms with van der Waals surface area (Å²) in [6.45, 7) is 0. The second-order valence-electron chi connectivity index (χ2n) is 8.22. The van der Waals surface area contributed by atoms with Crippen LogP contribution in [0.15, 0.2) is 59.8 Å². The van der Waals surface area contributed by atoms with E-state index in [4.69, 9.17) is 37.9 Å². The summed E-state index contributed by atoms with van der Waals surface area (Å²) in [6, 6.07) is 16.8. The highest BCUT2D eigenvalue weighted by molar-refractivity contribution is 7.85. The molecule has 0 aliphatic carbocycles. The minimum Gasteiger partial charge on any atom is -0.493 e. The van der Waals surface area contributed by atoms with E-state index >= 15 is 0 Å². The van der Waals surface area contributed by atoms with Gasteiger partial charge in [0.2, 0.25) is 11.1 Å². The molecule has 13 heteroatoms. The van der Waals surface area contributed by atoms with Gasteiger partial charge in [0.25, 0.3) is 0 Å². The fraction of sp³-hybridized carbons (Fsp3) is 0.107. The number of nitriles is 2. The van der Waals surface area contributed by atoms with Gasteiger partial charge in [0.05, 0.1) is 52.8 Å². The van der Waals surface area contributed by atoms with Crippen LogP contribution < -0.4 is 20.1 Å². The molecule has 0 saturated heterocycles. The van der Waals surface area contributed by atoms with Gasteiger partial charge in [0.1, 0.15) is 28.4 Å². The van der Waals surface area contributed by atoms with Gasteiger partial charge in [-0.05, 0) is 42.0 Å². The molecule has 0 spiro atoms. The lowest BCUT2D eigenvalue weighted by atomic mass is 10.1. The van der Waals surface area contributed by atoms with Crippen molar-refractivity contribution in [2.75, 3.05) is 30.6 Å². The van der Waals surface area contributed by atoms with Gasteiger partial charge in [-0.15, -0.1) is 0 Å². The van der Waals surface area contributed by atoms with Crippen molar-refractivity contribution in [1.29, 1.82) is 10.5 Å². The van der Waals surface area contributed by atoms with E-state index in [1.165, 1.54) is 20.3 Å². The van der Waals surface area contributed by atoms with Crippen LogP contribution >= 0.6 is 23.2 Å². The molecule has 0 aliphatic heterocycles. The number of anilines is 3. The van der Waals surface area contributed by atoms with E-state index in [2.05, 4.69) is 20.6 Å². The summed E-state index contributed by atoms with van der Waals surface area (Å²) in [5.74, 6) is -0.108. The summed E-state index contributed by atoms with van der Waals surface area (Å²) < 4.78 is 24.1. The summed E-state index contributed by atoms with van der Waals surface area (Å²) in [4.78, 5) is 21.6. The van der Waals surface area contributed by atoms with Crippen molar-refractivity contribution in [3.63, 3.8) is 0 Å². The molecule has 41 heavy (non-hydrogen) atoms. The van der Waals surface area contributed by atoms with Gasteiger partial charge in [-0.25, -0.2) is 9.97 Å². The first-order chi connectivity index (χ1) is 19.8. The molecular formula is C28H20Cl2N6O4S. The third-order valence-corrected chi connectivity index (χ3v) is 7.34. The van der Waals surface area contributed by atoms with Crippen molar-refractivity contribution in [3.8, 4) is 23.6 Å². The van der Waals surface area contributed by atoms with E-state index in [0.717, 1.165) is 0 Å². The molecule has 1 aromatic heterocycles. The van der Waals surface area contributed by atoms with E-state index < -0.39 is 22.5 Å². The highest BCUT2D eigenvalue weighted by atomic mass is 35.5. The van der Waals surface area contributed by atoms with Crippen LogP contribution in [0.1, 0.15) is 11.1 Å². The van der Waals surface area contributed by atoms with Crippen LogP contribution in [-0.4, -0.2) is 40.1 Å². The number of amides is 1. The molecule has 3 aromatic carbocycles. The van der Waals surface area contributed by atoms with Crippen LogP contribution in [0.3, 0.4) is 0 Å². The lowest BCUT2D eigenvalue weighted by molar-refractivity contribution is -0.113. The molecule has 206 valence electrons. The van der Waals surface area contributed by atoms with Gasteiger partial charge in [-0.1, -0.05) is 35.3 Å². The predicted molar refractivity (Wildman–Crippen MR) is 158 cm³/mol. The number of carbonyl (C=O) groups is 1. The molecule has 4 rings (SSSR count). The summed E-state index contributed by atoms with van der Waals surface area (Å²) >= 11 is 13.0. The average Bonchev–Trinajstić information content (AvgIpc) is 2.97. The van der Waals surface area contributed by atoms with Crippen molar-refractivity contribution in [2.45, 2.75) is 5.16 Å². The van der Waals surface area contributed by atoms with Crippen LogP contribution in [0, 0.1) is 22.7 Å². The number of allylic oxidation sites excluding steroid dienone is 1. The molecule has 0 aliphatic rings. The molecule has 0 fully saturated rings. The lowest BCUT2D eigenvalue weighted by Gasteiger charge is -2.15. The number of methoxy groups -OCH3 is 2. The Morgan fingerprint density at radius 3 is 2.39 bits per heavy atom. The molecule has 0 radical (unpaired) electrons. The largest absolute Gasteiger partial charge is 0.493 e. The number of carbonyl (C=O) groups excluding carboxylic acids is 1. The Morgan fingerprint density at radius 2 is 1.73 bits per heavy atom. The summed E-state index contributed by atoms with van der Waals surface area (Å²) in [5.41, 5.74) is 1.83. The molecule has 10 nitrogen and oxygen atoms in total. The number of aromatic nitrogens is 2. The number of rotatable bonds is 9. The highest BCUT2D eigenvalue weighted by Gasteiger charge is 2.20. The molecule has 1 heterocycles. The van der Waals surface area contributed by atoms with Crippen LogP contribution in [0.4, 0.5) is 17.2 Å². The first-order valence-electron chi connectivity index (χ1n) is 11.7. The van der Waals surface area contributed by atoms with E-state index in [1.54, 1.807) is 54.6 Å². The summed E-state index contributed by atoms with van der Waals surface area (Å²) in [5, 5.41) is 24.6. The van der Waals surface area contributed by atoms with Crippen LogP contribution in [0.25, 0.3) is 17.0 Å². The second kappa shape index (κ2) is 13.1. The first-order valence-corrected chi connectivity index (χ1v) is 13.8. The molecule has 4 aromatic rings. The van der Waals surface area contributed by atoms with E-state index in [-0.39, 0.29) is 26.6 Å². The zero-order chi connectivity index (χ0) is 29.5. The van der Waals surface area contributed by atoms with Crippen LogP contribution in [0.5, 0.6) is 11.5 Å². The van der Waals surface area contributed by atoms with E-state index in [1.807, 2.05) is 12.1 Å². The second-order valence-corrected chi connectivity index (χ2v) is 10.4. The van der Waals surface area contributed by atoms with Gasteiger partial charge in [0, 0.05) is 17.5 Å². The number of hydrogen-bond acceptors (Lipinski definition) is 9. The zero-order valence-electron chi connectivity index (χ0n) is 21.6. The fourth-order valence-corrected chi connectivity index (χ4v) is 5.18. The van der Waals surface area contributed by atoms with Crippen molar-refractivity contribution in [3.05, 3.63) is 75.8 Å². The van der Waals surface area contributed by atoms with Gasteiger partial charge in [-0.3, -0.25) is 9.00 Å². The molecule has 1 atom stereocenters. The third-order valence-electron chi connectivity index (χ3n) is 5.63. The maximum Gasteiger partial charge on any atom is 0.237 e. The number of ether oxygens (including phenoxy) is 2. The van der Waals surface area contributed by atoms with Crippen molar-refractivity contribution >= 4 is 74.1 Å². The Morgan fingerprint density at radius 1 is 1.05 bits per heavy atom. The Labute approximate surface area is 247 Å². The highest BCUT2D eigenvalue weighted by Crippen LogP contribution is 2.39. The van der Waals surface area contributed by atoms with Gasteiger partial charge in [-0.2, -0.15) is 10.5 Å². The number of nitrogens with zero attached hydrogens (tertiary/aromatic N) is 4. The SMILES string of the molecule is COc1cc2nc(S(=O)CC(=O)Nc3ccccc3C#N)nc(Nc3c(Cl)cc(/C=C/C#N)cc3Cl)c2cc1OC. The van der Waals surface area contributed by atoms with Gasteiger partial charge < -0.3 is 20.1 Å². The Hall–Kier alpha value is -4.68. The number of hydrogen-bond donors (Lipinski definition) is 2. The number of nitrogens with one attached hydrogen (secondary N) is 2. The lowest BCUT2D eigenvalue weighted by Crippen LogP contribution is -2.21. The quantitative estimate of drug-likeness (QED) is 0.176. The zero-order valence-corrected chi connectivity index (χ0v) is 23.9. The Balaban J connectivity index is 1.74. The fourth-order valence-electron chi connectivity index (χ4n) is 3.75. The number of benzene rings is 3. The maximum atomic E-state index is 13.3. The molecule has 1 unspecified atom stereocenters. The van der Waals surface area contributed by atoms with Crippen molar-refractivity contribution in [2.24, 2.45) is 0 Å². The van der Waals surface area contributed by atoms with Gasteiger partial charge in [0.15, 0.2) is 11.5 Å². The van der Waals surface area contributed by atoms with Crippen molar-refractivity contribution in [1.82, 2.24) is 9.97 Å². The maximum absolute atomic E-state index is 13.3. The molecule has 2 N–H and O–H groups in total. The van der Waals surface area contributed by atoms with Crippen LogP contribution in [-0.2, 0) is 15.6 Å². The minimum absolute atomic E-state index is 0.142. The molecule has 0 bridgehead atoms. The van der Waals surface area contributed by atoms with Gasteiger partial charge >= 0.3 is 0 Å². The number of halogens is 2. The Bertz CT molecular complexity index is 1780. The molecule has 0 saturated carbocycles. The predicted octanol–water partition coefficient (Wildman–Crippen LogP) is 5.85. The van der Waals surface area contributed by atoms with E-state index in [0.29, 0.717) is 39.3 Å². The third kappa shape index (κ3) is 6.73. The molecular weight excluding hydrogens is 587 g/mol. The Kier molecular flexibility index (Phi) is 9.37. The van der Waals surface area contributed by atoms with Crippen molar-refractivity contribution < 1.29 is 18.5 Å². The average molecular weight is 607 g/mol. The monoisotopic (exact) mass is 606 g/mol. The smallest absolute Gasteiger partial charge is 0.237 e. The summed E-state index contributed by atoms with van der Waals surface area (Å²) in [7, 11) is 0.955. The number of para-hydroxylation sites is 1.